The fraction of sp³-hybridized carbons (Fsp3) is 0.455. The number of nitriles is 1. The number of allylic oxidation sites excluding steroid dienone is 1. The highest BCUT2D eigenvalue weighted by Crippen LogP contribution is 2.38. The van der Waals surface area contributed by atoms with Crippen molar-refractivity contribution < 1.29 is 18.3 Å². The monoisotopic (exact) mass is 665 g/mol. The van der Waals surface area contributed by atoms with E-state index in [2.05, 4.69) is 46.0 Å². The first-order valence-corrected chi connectivity index (χ1v) is 17.1. The van der Waals surface area contributed by atoms with E-state index < -0.39 is 17.5 Å². The number of carbonyl (C=O) groups is 1. The Morgan fingerprint density at radius 2 is 2.00 bits per heavy atom. The number of rotatable bonds is 8. The van der Waals surface area contributed by atoms with Crippen molar-refractivity contribution >= 4 is 50.0 Å². The third-order valence-corrected chi connectivity index (χ3v) is 11.0. The Balaban J connectivity index is 1.34. The number of likely N-dealkylation sites (N-methyl/N-ethyl adjacent to an activating group) is 1. The van der Waals surface area contributed by atoms with Crippen LogP contribution in [-0.2, 0) is 17.8 Å². The minimum Gasteiger partial charge on any atom is -0.462 e. The molecule has 0 spiro atoms. The number of benzene rings is 2. The van der Waals surface area contributed by atoms with Gasteiger partial charge < -0.3 is 24.3 Å². The van der Waals surface area contributed by atoms with E-state index in [4.69, 9.17) is 26.3 Å². The summed E-state index contributed by atoms with van der Waals surface area (Å²) in [7, 11) is 2.57. The summed E-state index contributed by atoms with van der Waals surface area (Å²) < 4.78 is 32.0. The zero-order valence-corrected chi connectivity index (χ0v) is 28.9. The first kappa shape index (κ1) is 32.2. The summed E-state index contributed by atoms with van der Waals surface area (Å²) in [4.78, 5) is 31.2. The lowest BCUT2D eigenvalue weighted by Gasteiger charge is -2.49. The largest absolute Gasteiger partial charge is 0.462 e. The summed E-state index contributed by atoms with van der Waals surface area (Å²) in [6.45, 7) is 3.88. The number of ether oxygens (including phenoxy) is 1. The van der Waals surface area contributed by atoms with Gasteiger partial charge in [-0.3, -0.25) is 4.79 Å². The maximum Gasteiger partial charge on any atom is 0.318 e. The van der Waals surface area contributed by atoms with Gasteiger partial charge in [0.2, 0.25) is 5.91 Å². The molecule has 1 aromatic heterocycles. The summed E-state index contributed by atoms with van der Waals surface area (Å²) in [5, 5.41) is 11.7. The molecular weight excluding hydrogens is 628 g/mol. The fourth-order valence-corrected chi connectivity index (χ4v) is 8.27. The van der Waals surface area contributed by atoms with Gasteiger partial charge in [-0.05, 0) is 56.4 Å². The molecule has 9 nitrogen and oxygen atoms in total. The van der Waals surface area contributed by atoms with Crippen molar-refractivity contribution in [3.05, 3.63) is 64.8 Å². The van der Waals surface area contributed by atoms with Crippen LogP contribution >= 0.6 is 11.6 Å². The van der Waals surface area contributed by atoms with Gasteiger partial charge >= 0.3 is 6.01 Å². The number of anilines is 2. The van der Waals surface area contributed by atoms with Crippen molar-refractivity contribution in [2.75, 3.05) is 56.2 Å². The summed E-state index contributed by atoms with van der Waals surface area (Å²) in [6.07, 6.45) is 1.77. The van der Waals surface area contributed by atoms with Crippen LogP contribution in [0, 0.1) is 11.3 Å². The number of aromatic nitrogens is 2. The van der Waals surface area contributed by atoms with E-state index in [0.717, 1.165) is 65.5 Å². The summed E-state index contributed by atoms with van der Waals surface area (Å²) >= 11 is 6.70. The van der Waals surface area contributed by atoms with Gasteiger partial charge in [0, 0.05) is 65.2 Å². The zero-order chi connectivity index (χ0) is 32.4. The average molecular weight is 666 g/mol. The van der Waals surface area contributed by atoms with Crippen LogP contribution in [0.1, 0.15) is 30.5 Å². The normalized spacial score (nSPS) is 22.2. The van der Waals surface area contributed by atoms with Crippen molar-refractivity contribution in [1.29, 1.82) is 5.26 Å². The van der Waals surface area contributed by atoms with Crippen LogP contribution in [0.5, 0.6) is 6.01 Å². The van der Waals surface area contributed by atoms with Crippen molar-refractivity contribution in [3.63, 3.8) is 0 Å². The third kappa shape index (κ3) is 6.54. The molecule has 0 unspecified atom stereocenters. The van der Waals surface area contributed by atoms with Crippen LogP contribution in [0.15, 0.2) is 48.6 Å². The molecule has 2 fully saturated rings. The molecule has 46 heavy (non-hydrogen) atoms. The molecular formula is C33H38ClF2N7O2Si. The van der Waals surface area contributed by atoms with Gasteiger partial charge in [-0.15, -0.1) is 0 Å². The van der Waals surface area contributed by atoms with Gasteiger partial charge in [-0.2, -0.15) is 15.2 Å². The first-order chi connectivity index (χ1) is 22.2. The van der Waals surface area contributed by atoms with E-state index in [1.807, 2.05) is 18.2 Å². The van der Waals surface area contributed by atoms with E-state index in [0.29, 0.717) is 66.6 Å². The first-order valence-electron chi connectivity index (χ1n) is 15.7. The predicted octanol–water partition coefficient (Wildman–Crippen LogP) is 3.76. The van der Waals surface area contributed by atoms with Crippen LogP contribution in [0.2, 0.25) is 5.02 Å². The lowest BCUT2D eigenvalue weighted by molar-refractivity contribution is -0.130. The Labute approximate surface area is 275 Å². The molecule has 0 radical (unpaired) electrons. The lowest BCUT2D eigenvalue weighted by atomic mass is 10.0. The Kier molecular flexibility index (Phi) is 9.45. The van der Waals surface area contributed by atoms with E-state index in [-0.39, 0.29) is 12.5 Å². The number of carbonyl (C=O) groups excluding carboxylic acids is 1. The second-order valence-corrected chi connectivity index (χ2v) is 14.8. The number of likely N-dealkylation sites (tertiary alicyclic amines) is 1. The van der Waals surface area contributed by atoms with Crippen LogP contribution in [0.25, 0.3) is 10.8 Å². The summed E-state index contributed by atoms with van der Waals surface area (Å²) in [5.74, 6) is 0.257. The Hall–Kier alpha value is -3.79. The highest BCUT2D eigenvalue weighted by molar-refractivity contribution is 6.36. The number of hydrogen-bond donors (Lipinski definition) is 0. The molecule has 4 heterocycles. The average Bonchev–Trinajstić information content (AvgIpc) is 3.46. The maximum atomic E-state index is 13.0. The second kappa shape index (κ2) is 13.5. The highest BCUT2D eigenvalue weighted by atomic mass is 35.5. The van der Waals surface area contributed by atoms with Gasteiger partial charge in [0.15, 0.2) is 0 Å². The quantitative estimate of drug-likeness (QED) is 0.266. The highest BCUT2D eigenvalue weighted by Gasteiger charge is 2.41. The van der Waals surface area contributed by atoms with E-state index in [1.165, 1.54) is 0 Å². The maximum absolute atomic E-state index is 13.0. The molecule has 0 aliphatic carbocycles. The molecule has 242 valence electrons. The van der Waals surface area contributed by atoms with Gasteiger partial charge in [0.25, 0.3) is 6.43 Å². The van der Waals surface area contributed by atoms with E-state index in [1.54, 1.807) is 4.90 Å². The SMILES string of the molecule is CN1CCC[C@H]1COc1nc2c(c(N3CCN(C(=O)/C=C/C(F)F)[C@]([SiH3])(CC#N)C3)n1)CCN(c1cccc3cccc(Cl)c13)C2. The molecule has 6 rings (SSSR count). The minimum absolute atomic E-state index is 0.101. The lowest BCUT2D eigenvalue weighted by Crippen LogP contribution is -2.64. The Bertz CT molecular complexity index is 1680. The number of piperazine rings is 1. The van der Waals surface area contributed by atoms with Crippen molar-refractivity contribution in [2.24, 2.45) is 0 Å². The van der Waals surface area contributed by atoms with Crippen molar-refractivity contribution in [3.8, 4) is 12.1 Å². The van der Waals surface area contributed by atoms with E-state index in [9.17, 15) is 18.8 Å². The van der Waals surface area contributed by atoms with Gasteiger partial charge in [-0.25, -0.2) is 8.78 Å². The standard InChI is InChI=1S/C33H38ClF2N7O2Si/c1-40-15-4-7-23(40)20-45-32-38-26-19-41(27-9-3-6-22-5-2-8-25(34)30(22)27)16-12-24(26)31(39-32)42-17-18-43(29(44)11-10-28(35)36)33(46,21-42)13-14-37/h2-3,5-6,8-11,23,28H,4,7,12-13,15-21H2,1,46H3/b11-10+/t23-,33-/m0/s1. The number of amides is 1. The molecule has 2 saturated heterocycles. The molecule has 2 aromatic carbocycles. The van der Waals surface area contributed by atoms with Gasteiger partial charge in [0.1, 0.15) is 12.4 Å². The molecule has 3 aliphatic heterocycles. The number of alkyl halides is 2. The van der Waals surface area contributed by atoms with Crippen LogP contribution in [-0.4, -0.2) is 99.9 Å². The van der Waals surface area contributed by atoms with Gasteiger partial charge in [-0.1, -0.05) is 35.9 Å². The molecule has 2 atom stereocenters. The molecule has 0 bridgehead atoms. The molecule has 0 N–H and O–H groups in total. The number of halogens is 3. The molecule has 1 amide bonds. The van der Waals surface area contributed by atoms with E-state index >= 15 is 0 Å². The fourth-order valence-electron chi connectivity index (χ4n) is 7.01. The second-order valence-electron chi connectivity index (χ2n) is 12.6. The molecule has 3 aliphatic rings. The number of fused-ring (bicyclic) bond motifs is 2. The molecule has 13 heteroatoms. The summed E-state index contributed by atoms with van der Waals surface area (Å²) in [6, 6.07) is 14.9. The number of hydrogen-bond acceptors (Lipinski definition) is 8. The van der Waals surface area contributed by atoms with Gasteiger partial charge in [0.05, 0.1) is 34.9 Å². The number of nitrogens with zero attached hydrogens (tertiary/aromatic N) is 7. The Morgan fingerprint density at radius 3 is 2.74 bits per heavy atom. The van der Waals surface area contributed by atoms with Crippen molar-refractivity contribution in [2.45, 2.75) is 49.9 Å². The Morgan fingerprint density at radius 1 is 1.20 bits per heavy atom. The minimum atomic E-state index is -2.72. The van der Waals surface area contributed by atoms with Crippen molar-refractivity contribution in [1.82, 2.24) is 19.8 Å². The predicted molar refractivity (Wildman–Crippen MR) is 179 cm³/mol. The molecule has 0 saturated carbocycles. The smallest absolute Gasteiger partial charge is 0.318 e. The summed E-state index contributed by atoms with van der Waals surface area (Å²) in [5.41, 5.74) is 2.93. The third-order valence-electron chi connectivity index (χ3n) is 9.46. The van der Waals surface area contributed by atoms with Crippen LogP contribution in [0.3, 0.4) is 0 Å². The zero-order valence-electron chi connectivity index (χ0n) is 26.1. The van der Waals surface area contributed by atoms with Crippen LogP contribution in [0.4, 0.5) is 20.3 Å². The topological polar surface area (TPSA) is 88.8 Å². The van der Waals surface area contributed by atoms with Crippen LogP contribution < -0.4 is 14.5 Å². The molecule has 3 aromatic rings.